The van der Waals surface area contributed by atoms with Crippen LogP contribution in [0.4, 0.5) is 13.2 Å². The number of hydrogen-bond donors (Lipinski definition) is 2. The number of methoxy groups -OCH3 is 1. The molecule has 0 aromatic heterocycles. The van der Waals surface area contributed by atoms with Crippen LogP contribution in [0, 0.1) is 0 Å². The van der Waals surface area contributed by atoms with Crippen molar-refractivity contribution in [2.24, 2.45) is 10.7 Å². The Kier molecular flexibility index (Phi) is 9.86. The largest absolute Gasteiger partial charge is 0.493 e. The van der Waals surface area contributed by atoms with Crippen molar-refractivity contribution in [3.8, 4) is 11.5 Å². The van der Waals surface area contributed by atoms with Crippen LogP contribution in [-0.4, -0.2) is 31.9 Å². The van der Waals surface area contributed by atoms with E-state index in [0.29, 0.717) is 5.96 Å². The number of alkyl halides is 3. The van der Waals surface area contributed by atoms with E-state index < -0.39 is 12.8 Å². The average Bonchev–Trinajstić information content (AvgIpc) is 2.50. The minimum atomic E-state index is -4.40. The monoisotopic (exact) mass is 461 g/mol. The van der Waals surface area contributed by atoms with Crippen LogP contribution in [0.25, 0.3) is 0 Å². The maximum atomic E-state index is 12.2. The third-order valence-corrected chi connectivity index (χ3v) is 3.06. The molecule has 0 spiro atoms. The summed E-state index contributed by atoms with van der Waals surface area (Å²) in [4.78, 5) is 4.18. The van der Waals surface area contributed by atoms with Gasteiger partial charge >= 0.3 is 6.18 Å². The Morgan fingerprint density at radius 1 is 1.33 bits per heavy atom. The van der Waals surface area contributed by atoms with Crippen LogP contribution in [0.2, 0.25) is 0 Å². The Morgan fingerprint density at radius 3 is 2.54 bits per heavy atom. The van der Waals surface area contributed by atoms with Crippen LogP contribution in [0.3, 0.4) is 0 Å². The predicted octanol–water partition coefficient (Wildman–Crippen LogP) is 3.46. The molecule has 0 aliphatic heterocycles. The number of guanidine groups is 1. The van der Waals surface area contributed by atoms with E-state index in [1.807, 2.05) is 13.8 Å². The molecule has 0 saturated carbocycles. The van der Waals surface area contributed by atoms with Gasteiger partial charge in [-0.3, -0.25) is 0 Å². The van der Waals surface area contributed by atoms with Crippen molar-refractivity contribution in [2.45, 2.75) is 39.0 Å². The van der Waals surface area contributed by atoms with E-state index in [-0.39, 0.29) is 48.1 Å². The normalized spacial score (nSPS) is 13.0. The van der Waals surface area contributed by atoms with Gasteiger partial charge in [-0.1, -0.05) is 13.0 Å². The minimum absolute atomic E-state index is 0. The number of ether oxygens (including phenoxy) is 2. The molecule has 0 fully saturated rings. The van der Waals surface area contributed by atoms with Gasteiger partial charge in [0.05, 0.1) is 13.7 Å². The minimum Gasteiger partial charge on any atom is -0.493 e. The van der Waals surface area contributed by atoms with E-state index in [9.17, 15) is 13.2 Å². The molecule has 0 bridgehead atoms. The Balaban J connectivity index is 0.00000529. The number of nitrogens with one attached hydrogen (secondary N) is 1. The van der Waals surface area contributed by atoms with Gasteiger partial charge in [0.2, 0.25) is 0 Å². The molecule has 0 radical (unpaired) electrons. The van der Waals surface area contributed by atoms with Gasteiger partial charge in [0, 0.05) is 6.04 Å². The summed E-state index contributed by atoms with van der Waals surface area (Å²) < 4.78 is 46.4. The summed E-state index contributed by atoms with van der Waals surface area (Å²) in [6.07, 6.45) is -3.49. The molecule has 0 saturated heterocycles. The molecule has 1 aromatic rings. The highest BCUT2D eigenvalue weighted by molar-refractivity contribution is 14.0. The second-order valence-electron chi connectivity index (χ2n) is 5.04. The molecule has 3 N–H and O–H groups in total. The fourth-order valence-electron chi connectivity index (χ4n) is 1.67. The standard InChI is InChI=1S/C15H22F3N3O2.HI/c1-4-10(2)21-14(19)20-8-11-5-6-12(13(7-11)22-3)23-9-15(16,17)18;/h5-7,10H,4,8-9H2,1-3H3,(H3,19,20,21);1H. The third kappa shape index (κ3) is 8.46. The first kappa shape index (κ1) is 22.6. The first-order chi connectivity index (χ1) is 10.7. The van der Waals surface area contributed by atoms with Crippen molar-refractivity contribution >= 4 is 29.9 Å². The molecule has 9 heteroatoms. The van der Waals surface area contributed by atoms with Crippen LogP contribution < -0.4 is 20.5 Å². The average molecular weight is 461 g/mol. The molecule has 1 unspecified atom stereocenters. The van der Waals surface area contributed by atoms with E-state index in [0.717, 1.165) is 12.0 Å². The lowest BCUT2D eigenvalue weighted by Gasteiger charge is -2.14. The van der Waals surface area contributed by atoms with Gasteiger partial charge in [-0.15, -0.1) is 24.0 Å². The first-order valence-electron chi connectivity index (χ1n) is 7.18. The molecule has 1 rings (SSSR count). The maximum absolute atomic E-state index is 12.2. The number of nitrogens with two attached hydrogens (primary N) is 1. The highest BCUT2D eigenvalue weighted by atomic mass is 127. The zero-order valence-electron chi connectivity index (χ0n) is 13.8. The van der Waals surface area contributed by atoms with E-state index >= 15 is 0 Å². The van der Waals surface area contributed by atoms with E-state index in [2.05, 4.69) is 10.3 Å². The number of rotatable bonds is 7. The summed E-state index contributed by atoms with van der Waals surface area (Å²) in [7, 11) is 1.36. The summed E-state index contributed by atoms with van der Waals surface area (Å²) >= 11 is 0. The van der Waals surface area contributed by atoms with Crippen molar-refractivity contribution < 1.29 is 22.6 Å². The van der Waals surface area contributed by atoms with Crippen molar-refractivity contribution in [3.05, 3.63) is 23.8 Å². The van der Waals surface area contributed by atoms with Gasteiger partial charge in [-0.05, 0) is 31.0 Å². The van der Waals surface area contributed by atoms with Gasteiger partial charge in [0.15, 0.2) is 24.1 Å². The van der Waals surface area contributed by atoms with Crippen LogP contribution in [-0.2, 0) is 6.54 Å². The van der Waals surface area contributed by atoms with Crippen LogP contribution in [0.1, 0.15) is 25.8 Å². The van der Waals surface area contributed by atoms with Crippen LogP contribution >= 0.6 is 24.0 Å². The smallest absolute Gasteiger partial charge is 0.422 e. The molecular weight excluding hydrogens is 438 g/mol. The summed E-state index contributed by atoms with van der Waals surface area (Å²) in [5, 5.41) is 3.02. The lowest BCUT2D eigenvalue weighted by atomic mass is 10.2. The molecule has 0 aliphatic carbocycles. The molecule has 1 aromatic carbocycles. The number of aliphatic imine (C=N–C) groups is 1. The predicted molar refractivity (Wildman–Crippen MR) is 98.2 cm³/mol. The fraction of sp³-hybridized carbons (Fsp3) is 0.533. The van der Waals surface area contributed by atoms with E-state index in [4.69, 9.17) is 15.2 Å². The number of nitrogens with zero attached hydrogens (tertiary/aromatic N) is 1. The Bertz CT molecular complexity index is 539. The molecule has 5 nitrogen and oxygen atoms in total. The number of hydrogen-bond acceptors (Lipinski definition) is 3. The molecule has 0 amide bonds. The van der Waals surface area contributed by atoms with Gasteiger partial charge in [0.25, 0.3) is 0 Å². The third-order valence-electron chi connectivity index (χ3n) is 3.06. The summed E-state index contributed by atoms with van der Waals surface area (Å²) in [6, 6.07) is 4.83. The molecule has 0 heterocycles. The maximum Gasteiger partial charge on any atom is 0.422 e. The van der Waals surface area contributed by atoms with Gasteiger partial charge in [-0.2, -0.15) is 13.2 Å². The van der Waals surface area contributed by atoms with Gasteiger partial charge < -0.3 is 20.5 Å². The number of benzene rings is 1. The topological polar surface area (TPSA) is 68.9 Å². The Morgan fingerprint density at radius 2 is 2.00 bits per heavy atom. The zero-order chi connectivity index (χ0) is 17.5. The Hall–Kier alpha value is -1.39. The zero-order valence-corrected chi connectivity index (χ0v) is 16.1. The summed E-state index contributed by atoms with van der Waals surface area (Å²) in [5.74, 6) is 0.564. The lowest BCUT2D eigenvalue weighted by molar-refractivity contribution is -0.153. The second kappa shape index (κ2) is 10.5. The first-order valence-corrected chi connectivity index (χ1v) is 7.18. The highest BCUT2D eigenvalue weighted by Crippen LogP contribution is 2.30. The fourth-order valence-corrected chi connectivity index (χ4v) is 1.67. The van der Waals surface area contributed by atoms with Crippen molar-refractivity contribution in [1.82, 2.24) is 5.32 Å². The van der Waals surface area contributed by atoms with Crippen molar-refractivity contribution in [1.29, 1.82) is 0 Å². The van der Waals surface area contributed by atoms with Crippen LogP contribution in [0.5, 0.6) is 11.5 Å². The van der Waals surface area contributed by atoms with E-state index in [1.165, 1.54) is 13.2 Å². The quantitative estimate of drug-likeness (QED) is 0.371. The summed E-state index contributed by atoms with van der Waals surface area (Å²) in [5.41, 5.74) is 6.50. The van der Waals surface area contributed by atoms with E-state index in [1.54, 1.807) is 12.1 Å². The molecule has 0 aliphatic rings. The number of halogens is 4. The van der Waals surface area contributed by atoms with Gasteiger partial charge in [0.1, 0.15) is 0 Å². The molecule has 138 valence electrons. The molecule has 1 atom stereocenters. The van der Waals surface area contributed by atoms with Crippen molar-refractivity contribution in [3.63, 3.8) is 0 Å². The molecule has 24 heavy (non-hydrogen) atoms. The highest BCUT2D eigenvalue weighted by Gasteiger charge is 2.29. The molecular formula is C15H23F3IN3O2. The van der Waals surface area contributed by atoms with Gasteiger partial charge in [-0.25, -0.2) is 4.99 Å². The lowest BCUT2D eigenvalue weighted by Crippen LogP contribution is -2.38. The van der Waals surface area contributed by atoms with Crippen molar-refractivity contribution in [2.75, 3.05) is 13.7 Å². The SMILES string of the molecule is CCC(C)NC(N)=NCc1ccc(OCC(F)(F)F)c(OC)c1.I. The second-order valence-corrected chi connectivity index (χ2v) is 5.04. The summed E-state index contributed by atoms with van der Waals surface area (Å²) in [6.45, 7) is 2.92. The Labute approximate surface area is 156 Å². The van der Waals surface area contributed by atoms with Crippen LogP contribution in [0.15, 0.2) is 23.2 Å².